The van der Waals surface area contributed by atoms with Crippen LogP contribution in [0.3, 0.4) is 0 Å². The van der Waals surface area contributed by atoms with E-state index in [9.17, 15) is 0 Å². The van der Waals surface area contributed by atoms with Gasteiger partial charge in [0.1, 0.15) is 5.75 Å². The molecule has 0 radical (unpaired) electrons. The van der Waals surface area contributed by atoms with Crippen LogP contribution in [0.15, 0.2) is 36.4 Å². The van der Waals surface area contributed by atoms with Crippen molar-refractivity contribution < 1.29 is 4.74 Å². The predicted octanol–water partition coefficient (Wildman–Crippen LogP) is 6.47. The molecule has 4 aliphatic carbocycles. The van der Waals surface area contributed by atoms with Gasteiger partial charge < -0.3 is 10.1 Å². The summed E-state index contributed by atoms with van der Waals surface area (Å²) in [4.78, 5) is 0. The van der Waals surface area contributed by atoms with E-state index in [-0.39, 0.29) is 0 Å². The molecule has 0 amide bonds. The van der Waals surface area contributed by atoms with E-state index in [0.29, 0.717) is 16.4 Å². The van der Waals surface area contributed by atoms with Crippen LogP contribution in [0.2, 0.25) is 0 Å². The molecule has 2 aromatic rings. The van der Waals surface area contributed by atoms with Crippen molar-refractivity contribution in [2.45, 2.75) is 77.8 Å². The lowest BCUT2D eigenvalue weighted by atomic mass is 9.43. The smallest absolute Gasteiger partial charge is 0.124 e. The van der Waals surface area contributed by atoms with E-state index in [2.05, 4.69) is 62.5 Å². The highest BCUT2D eigenvalue weighted by Crippen LogP contribution is 2.66. The molecular formula is C26H35NO. The average molecular weight is 378 g/mol. The molecule has 150 valence electrons. The van der Waals surface area contributed by atoms with Crippen molar-refractivity contribution >= 4 is 10.8 Å². The Morgan fingerprint density at radius 3 is 2.43 bits per heavy atom. The second kappa shape index (κ2) is 6.49. The fourth-order valence-corrected chi connectivity index (χ4v) is 7.77. The summed E-state index contributed by atoms with van der Waals surface area (Å²) >= 11 is 0. The van der Waals surface area contributed by atoms with Crippen LogP contribution in [0.5, 0.6) is 5.75 Å². The van der Waals surface area contributed by atoms with Crippen LogP contribution in [-0.4, -0.2) is 12.1 Å². The van der Waals surface area contributed by atoms with Crippen molar-refractivity contribution in [2.75, 3.05) is 6.61 Å². The standard InChI is InChI=1S/C26H35NO/c1-4-11-28-23-10-9-20-7-5-6-8-21(20)22(23)15-27-26-14-19-12-24(2,17-26)16-25(3,13-19)18-26/h5-10,19,27H,4,11-18H2,1-3H3/t19?,24-,25+,26?. The van der Waals surface area contributed by atoms with Crippen LogP contribution in [0.4, 0.5) is 0 Å². The summed E-state index contributed by atoms with van der Waals surface area (Å²) < 4.78 is 6.17. The van der Waals surface area contributed by atoms with Crippen molar-refractivity contribution in [1.82, 2.24) is 5.32 Å². The molecule has 2 unspecified atom stereocenters. The number of hydrogen-bond donors (Lipinski definition) is 1. The van der Waals surface area contributed by atoms with Crippen molar-refractivity contribution in [3.05, 3.63) is 42.0 Å². The first kappa shape index (κ1) is 18.5. The summed E-state index contributed by atoms with van der Waals surface area (Å²) in [6.45, 7) is 8.99. The molecule has 0 aliphatic heterocycles. The Bertz CT molecular complexity index is 869. The summed E-state index contributed by atoms with van der Waals surface area (Å²) in [6, 6.07) is 13.1. The van der Waals surface area contributed by atoms with Crippen LogP contribution in [-0.2, 0) is 6.54 Å². The predicted molar refractivity (Wildman–Crippen MR) is 117 cm³/mol. The second-order valence-electron chi connectivity index (χ2n) is 10.9. The molecule has 0 spiro atoms. The van der Waals surface area contributed by atoms with Gasteiger partial charge in [0, 0.05) is 17.6 Å². The highest BCUT2D eigenvalue weighted by atomic mass is 16.5. The Morgan fingerprint density at radius 1 is 0.964 bits per heavy atom. The van der Waals surface area contributed by atoms with Crippen molar-refractivity contribution in [2.24, 2.45) is 16.7 Å². The quantitative estimate of drug-likeness (QED) is 0.623. The van der Waals surface area contributed by atoms with Gasteiger partial charge in [-0.3, -0.25) is 0 Å². The van der Waals surface area contributed by atoms with Gasteiger partial charge in [0.05, 0.1) is 6.61 Å². The van der Waals surface area contributed by atoms with E-state index in [1.54, 1.807) is 0 Å². The van der Waals surface area contributed by atoms with Gasteiger partial charge in [-0.05, 0) is 78.5 Å². The first-order chi connectivity index (χ1) is 13.4. The summed E-state index contributed by atoms with van der Waals surface area (Å²) in [5.41, 5.74) is 2.75. The SMILES string of the molecule is CCCOc1ccc2ccccc2c1CNC12CC3C[C@@](C)(C1)C[C@](C)(C3)C2. The van der Waals surface area contributed by atoms with Crippen LogP contribution in [0.1, 0.15) is 71.3 Å². The lowest BCUT2D eigenvalue weighted by molar-refractivity contribution is -0.118. The first-order valence-corrected chi connectivity index (χ1v) is 11.3. The Morgan fingerprint density at radius 2 is 1.71 bits per heavy atom. The van der Waals surface area contributed by atoms with Gasteiger partial charge in [0.15, 0.2) is 0 Å². The van der Waals surface area contributed by atoms with E-state index >= 15 is 0 Å². The van der Waals surface area contributed by atoms with Gasteiger partial charge in [-0.2, -0.15) is 0 Å². The Labute approximate surface area is 170 Å². The highest BCUT2D eigenvalue weighted by molar-refractivity contribution is 5.87. The number of hydrogen-bond acceptors (Lipinski definition) is 2. The second-order valence-corrected chi connectivity index (χ2v) is 10.9. The van der Waals surface area contributed by atoms with Gasteiger partial charge in [-0.1, -0.05) is 51.1 Å². The molecule has 1 N–H and O–H groups in total. The minimum absolute atomic E-state index is 0.321. The average Bonchev–Trinajstić information content (AvgIpc) is 2.62. The van der Waals surface area contributed by atoms with E-state index < -0.39 is 0 Å². The molecule has 2 aromatic carbocycles. The normalized spacial score (nSPS) is 36.2. The highest BCUT2D eigenvalue weighted by Gasteiger charge is 2.59. The topological polar surface area (TPSA) is 21.3 Å². The molecule has 4 aliphatic rings. The third kappa shape index (κ3) is 3.14. The summed E-state index contributed by atoms with van der Waals surface area (Å²) in [5, 5.41) is 6.77. The van der Waals surface area contributed by atoms with E-state index in [1.165, 1.54) is 54.9 Å². The van der Waals surface area contributed by atoms with Crippen LogP contribution in [0, 0.1) is 16.7 Å². The maximum Gasteiger partial charge on any atom is 0.124 e. The molecule has 4 saturated carbocycles. The first-order valence-electron chi connectivity index (χ1n) is 11.3. The number of benzene rings is 2. The van der Waals surface area contributed by atoms with Crippen molar-refractivity contribution in [1.29, 1.82) is 0 Å². The molecule has 2 heteroatoms. The van der Waals surface area contributed by atoms with Gasteiger partial charge in [0.25, 0.3) is 0 Å². The zero-order valence-corrected chi connectivity index (χ0v) is 17.8. The largest absolute Gasteiger partial charge is 0.493 e. The van der Waals surface area contributed by atoms with Gasteiger partial charge in [-0.25, -0.2) is 0 Å². The molecule has 28 heavy (non-hydrogen) atoms. The van der Waals surface area contributed by atoms with E-state index in [4.69, 9.17) is 4.74 Å². The van der Waals surface area contributed by atoms with Crippen LogP contribution >= 0.6 is 0 Å². The fourth-order valence-electron chi connectivity index (χ4n) is 7.77. The number of rotatable bonds is 6. The lowest BCUT2D eigenvalue weighted by Crippen LogP contribution is -2.63. The summed E-state index contributed by atoms with van der Waals surface area (Å²) in [6.07, 6.45) is 9.44. The third-order valence-electron chi connectivity index (χ3n) is 7.73. The maximum atomic E-state index is 6.17. The fraction of sp³-hybridized carbons (Fsp3) is 0.615. The van der Waals surface area contributed by atoms with Gasteiger partial charge in [-0.15, -0.1) is 0 Å². The Hall–Kier alpha value is -1.54. The van der Waals surface area contributed by atoms with Gasteiger partial charge in [0.2, 0.25) is 0 Å². The molecular weight excluding hydrogens is 342 g/mol. The number of ether oxygens (including phenoxy) is 1. The summed E-state index contributed by atoms with van der Waals surface area (Å²) in [7, 11) is 0. The van der Waals surface area contributed by atoms with Crippen molar-refractivity contribution in [3.63, 3.8) is 0 Å². The zero-order valence-electron chi connectivity index (χ0n) is 17.8. The molecule has 4 fully saturated rings. The minimum Gasteiger partial charge on any atom is -0.493 e. The zero-order chi connectivity index (χ0) is 19.4. The molecule has 4 bridgehead atoms. The molecule has 2 nitrogen and oxygen atoms in total. The number of fused-ring (bicyclic) bond motifs is 1. The Kier molecular flexibility index (Phi) is 4.28. The van der Waals surface area contributed by atoms with Crippen LogP contribution < -0.4 is 10.1 Å². The third-order valence-corrected chi connectivity index (χ3v) is 7.73. The molecule has 6 rings (SSSR count). The summed E-state index contributed by atoms with van der Waals surface area (Å²) in [5.74, 6) is 1.98. The van der Waals surface area contributed by atoms with Gasteiger partial charge >= 0.3 is 0 Å². The lowest BCUT2D eigenvalue weighted by Gasteiger charge is -2.65. The molecule has 4 atom stereocenters. The number of nitrogens with one attached hydrogen (secondary N) is 1. The molecule has 0 heterocycles. The Balaban J connectivity index is 1.46. The molecule has 0 saturated heterocycles. The maximum absolute atomic E-state index is 6.17. The molecule has 0 aromatic heterocycles. The van der Waals surface area contributed by atoms with E-state index in [0.717, 1.165) is 31.2 Å². The van der Waals surface area contributed by atoms with Crippen LogP contribution in [0.25, 0.3) is 10.8 Å². The minimum atomic E-state index is 0.321. The monoisotopic (exact) mass is 377 g/mol. The van der Waals surface area contributed by atoms with E-state index in [1.807, 2.05) is 0 Å². The van der Waals surface area contributed by atoms with Crippen molar-refractivity contribution in [3.8, 4) is 5.75 Å².